The Labute approximate surface area is 135 Å². The molecule has 0 aromatic carbocycles. The van der Waals surface area contributed by atoms with Gasteiger partial charge in [0, 0.05) is 12.6 Å². The molecule has 0 bridgehead atoms. The van der Waals surface area contributed by atoms with Crippen LogP contribution in [-0.4, -0.2) is 43.9 Å². The molecule has 1 aromatic heterocycles. The van der Waals surface area contributed by atoms with Crippen LogP contribution in [0.2, 0.25) is 5.02 Å². The van der Waals surface area contributed by atoms with Crippen molar-refractivity contribution >= 4 is 23.7 Å². The van der Waals surface area contributed by atoms with Crippen LogP contribution >= 0.6 is 11.6 Å². The van der Waals surface area contributed by atoms with E-state index in [0.29, 0.717) is 10.9 Å². The highest BCUT2D eigenvalue weighted by atomic mass is 35.5. The molecule has 2 heterocycles. The second-order valence-corrected chi connectivity index (χ2v) is 5.30. The summed E-state index contributed by atoms with van der Waals surface area (Å²) in [5.74, 6) is -1.40. The number of aliphatic hydroxyl groups is 1. The van der Waals surface area contributed by atoms with Gasteiger partial charge >= 0.3 is 12.4 Å². The lowest BCUT2D eigenvalue weighted by Crippen LogP contribution is -2.57. The Bertz CT molecular complexity index is 698. The minimum Gasteiger partial charge on any atom is -0.362 e. The number of aromatic nitrogens is 2. The number of hydrogen-bond donors (Lipinski definition) is 1. The first-order valence-electron chi connectivity index (χ1n) is 6.23. The summed E-state index contributed by atoms with van der Waals surface area (Å²) in [7, 11) is 0. The Kier molecular flexibility index (Phi) is 4.34. The van der Waals surface area contributed by atoms with E-state index in [0.717, 1.165) is 6.92 Å². The highest BCUT2D eigenvalue weighted by molar-refractivity contribution is 6.32. The molecule has 1 unspecified atom stereocenters. The Morgan fingerprint density at radius 3 is 2.42 bits per heavy atom. The van der Waals surface area contributed by atoms with E-state index in [9.17, 15) is 36.2 Å². The van der Waals surface area contributed by atoms with Gasteiger partial charge in [0.1, 0.15) is 6.54 Å². The van der Waals surface area contributed by atoms with E-state index >= 15 is 0 Å². The first kappa shape index (κ1) is 18.5. The first-order valence-corrected chi connectivity index (χ1v) is 6.61. The van der Waals surface area contributed by atoms with Gasteiger partial charge in [-0.15, -0.1) is 0 Å². The van der Waals surface area contributed by atoms with Crippen molar-refractivity contribution in [1.29, 1.82) is 0 Å². The molecule has 1 aliphatic heterocycles. The van der Waals surface area contributed by atoms with Crippen molar-refractivity contribution in [2.45, 2.75) is 38.0 Å². The molecule has 1 N–H and O–H groups in total. The van der Waals surface area contributed by atoms with Gasteiger partial charge < -0.3 is 5.11 Å². The molecule has 0 spiro atoms. The number of nitrogens with zero attached hydrogens (tertiary/aromatic N) is 4. The largest absolute Gasteiger partial charge is 0.438 e. The monoisotopic (exact) mass is 378 g/mol. The second-order valence-electron chi connectivity index (χ2n) is 4.93. The fourth-order valence-corrected chi connectivity index (χ4v) is 2.24. The predicted octanol–water partition coefficient (Wildman–Crippen LogP) is 2.33. The maximum atomic E-state index is 12.9. The third kappa shape index (κ3) is 2.95. The topological polar surface area (TPSA) is 70.7 Å². The van der Waals surface area contributed by atoms with Crippen molar-refractivity contribution < 1.29 is 36.2 Å². The van der Waals surface area contributed by atoms with Crippen molar-refractivity contribution in [3.8, 4) is 0 Å². The highest BCUT2D eigenvalue weighted by Gasteiger charge is 2.61. The lowest BCUT2D eigenvalue weighted by Gasteiger charge is -2.32. The lowest BCUT2D eigenvalue weighted by atomic mass is 10.1. The predicted molar refractivity (Wildman–Crippen MR) is 67.9 cm³/mol. The molecule has 1 atom stereocenters. The summed E-state index contributed by atoms with van der Waals surface area (Å²) < 4.78 is 77.2. The Balaban J connectivity index is 2.30. The zero-order valence-electron chi connectivity index (χ0n) is 11.8. The summed E-state index contributed by atoms with van der Waals surface area (Å²) in [4.78, 5) is 12.0. The minimum atomic E-state index is -5.20. The van der Waals surface area contributed by atoms with Crippen LogP contribution in [0.1, 0.15) is 17.8 Å². The number of hydrogen-bond acceptors (Lipinski definition) is 4. The summed E-state index contributed by atoms with van der Waals surface area (Å²) in [5.41, 5.74) is -5.29. The molecule has 0 saturated heterocycles. The van der Waals surface area contributed by atoms with Gasteiger partial charge in [-0.2, -0.15) is 41.6 Å². The summed E-state index contributed by atoms with van der Waals surface area (Å²) in [5, 5.41) is 14.9. The molecule has 0 fully saturated rings. The fourth-order valence-electron chi connectivity index (χ4n) is 1.99. The van der Waals surface area contributed by atoms with Crippen LogP contribution in [0.4, 0.5) is 26.3 Å². The molecule has 1 aromatic rings. The molecular weight excluding hydrogens is 370 g/mol. The Morgan fingerprint density at radius 2 is 1.96 bits per heavy atom. The van der Waals surface area contributed by atoms with E-state index in [2.05, 4.69) is 10.2 Å². The summed E-state index contributed by atoms with van der Waals surface area (Å²) in [6, 6.07) is 0. The number of halogens is 7. The lowest BCUT2D eigenvalue weighted by molar-refractivity contribution is -0.302. The van der Waals surface area contributed by atoms with Gasteiger partial charge in [0.25, 0.3) is 11.6 Å². The first-order chi connectivity index (χ1) is 10.8. The number of hydrazone groups is 1. The SMILES string of the molecule is Cc1c(Cl)c(C(F)(F)F)nn1CC(=O)N1N=CCC1(O)C(F)(F)F. The number of alkyl halides is 6. The maximum absolute atomic E-state index is 12.9. The molecule has 2 rings (SSSR count). The van der Waals surface area contributed by atoms with E-state index < -0.39 is 47.7 Å². The standard InChI is InChI=1S/C11H9ClF6N4O2/c1-5-7(12)8(10(13,14)15)20-21(5)4-6(23)22-9(24,2-3-19-22)11(16,17)18/h3,24H,2,4H2,1H3. The van der Waals surface area contributed by atoms with Crippen molar-refractivity contribution in [2.75, 3.05) is 0 Å². The number of carbonyl (C=O) groups is 1. The third-order valence-corrected chi connectivity index (χ3v) is 3.75. The van der Waals surface area contributed by atoms with Crippen LogP contribution < -0.4 is 0 Å². The van der Waals surface area contributed by atoms with Crippen LogP contribution in [0.15, 0.2) is 5.10 Å². The summed E-state index contributed by atoms with van der Waals surface area (Å²) in [6.45, 7) is 0.0957. The van der Waals surface area contributed by atoms with Gasteiger partial charge in [-0.05, 0) is 6.92 Å². The smallest absolute Gasteiger partial charge is 0.362 e. The normalized spacial score (nSPS) is 21.6. The van der Waals surface area contributed by atoms with Crippen LogP contribution in [0, 0.1) is 6.92 Å². The Morgan fingerprint density at radius 1 is 1.38 bits per heavy atom. The van der Waals surface area contributed by atoms with Gasteiger partial charge in [0.15, 0.2) is 5.69 Å². The molecule has 1 aliphatic rings. The van der Waals surface area contributed by atoms with E-state index in [1.165, 1.54) is 0 Å². The van der Waals surface area contributed by atoms with Crippen LogP contribution in [0.25, 0.3) is 0 Å². The second kappa shape index (κ2) is 5.62. The molecule has 0 radical (unpaired) electrons. The number of amides is 1. The molecule has 13 heteroatoms. The van der Waals surface area contributed by atoms with Crippen molar-refractivity contribution in [3.05, 3.63) is 16.4 Å². The van der Waals surface area contributed by atoms with Crippen LogP contribution in [0.3, 0.4) is 0 Å². The maximum Gasteiger partial charge on any atom is 0.438 e. The zero-order chi connectivity index (χ0) is 18.5. The van der Waals surface area contributed by atoms with Gasteiger partial charge in [0.05, 0.1) is 10.7 Å². The highest BCUT2D eigenvalue weighted by Crippen LogP contribution is 2.39. The van der Waals surface area contributed by atoms with E-state index in [1.807, 2.05) is 0 Å². The number of carbonyl (C=O) groups excluding carboxylic acids is 1. The van der Waals surface area contributed by atoms with E-state index in [4.69, 9.17) is 11.6 Å². The van der Waals surface area contributed by atoms with Crippen LogP contribution in [-0.2, 0) is 17.5 Å². The third-order valence-electron chi connectivity index (χ3n) is 3.30. The van der Waals surface area contributed by atoms with Crippen molar-refractivity contribution in [3.63, 3.8) is 0 Å². The Hall–Kier alpha value is -1.82. The molecule has 1 amide bonds. The molecule has 0 aliphatic carbocycles. The van der Waals surface area contributed by atoms with Crippen molar-refractivity contribution in [2.24, 2.45) is 5.10 Å². The van der Waals surface area contributed by atoms with E-state index in [1.54, 1.807) is 0 Å². The summed E-state index contributed by atoms with van der Waals surface area (Å²) in [6.07, 6.45) is -10.4. The van der Waals surface area contributed by atoms with Gasteiger partial charge in [0.2, 0.25) is 0 Å². The fraction of sp³-hybridized carbons (Fsp3) is 0.545. The molecule has 6 nitrogen and oxygen atoms in total. The van der Waals surface area contributed by atoms with E-state index in [-0.39, 0.29) is 10.7 Å². The quantitative estimate of drug-likeness (QED) is 0.803. The average Bonchev–Trinajstić information content (AvgIpc) is 2.94. The molecular formula is C11H9ClF6N4O2. The minimum absolute atomic E-state index is 0.227. The molecule has 134 valence electrons. The van der Waals surface area contributed by atoms with Gasteiger partial charge in [-0.1, -0.05) is 11.6 Å². The molecule has 0 saturated carbocycles. The summed E-state index contributed by atoms with van der Waals surface area (Å²) >= 11 is 5.48. The van der Waals surface area contributed by atoms with Crippen LogP contribution in [0.5, 0.6) is 0 Å². The van der Waals surface area contributed by atoms with Gasteiger partial charge in [-0.25, -0.2) is 0 Å². The zero-order valence-corrected chi connectivity index (χ0v) is 12.5. The van der Waals surface area contributed by atoms with Crippen molar-refractivity contribution in [1.82, 2.24) is 14.8 Å². The molecule has 24 heavy (non-hydrogen) atoms. The van der Waals surface area contributed by atoms with Gasteiger partial charge in [-0.3, -0.25) is 9.48 Å². The number of rotatable bonds is 2. The average molecular weight is 379 g/mol.